The van der Waals surface area contributed by atoms with Crippen molar-refractivity contribution in [2.24, 2.45) is 0 Å². The van der Waals surface area contributed by atoms with Crippen LogP contribution in [0.2, 0.25) is 0 Å². The van der Waals surface area contributed by atoms with E-state index in [1.165, 1.54) is 0 Å². The molecule has 0 radical (unpaired) electrons. The van der Waals surface area contributed by atoms with E-state index >= 15 is 0 Å². The monoisotopic (exact) mass is 391 g/mol. The Morgan fingerprint density at radius 3 is 2.45 bits per heavy atom. The van der Waals surface area contributed by atoms with Gasteiger partial charge in [-0.1, -0.05) is 24.3 Å². The Kier molecular flexibility index (Phi) is 6.54. The second-order valence-corrected chi connectivity index (χ2v) is 6.57. The van der Waals surface area contributed by atoms with Gasteiger partial charge in [-0.2, -0.15) is 0 Å². The maximum absolute atomic E-state index is 12.5. The van der Waals surface area contributed by atoms with Crippen LogP contribution in [0.25, 0.3) is 0 Å². The number of anilines is 1. The van der Waals surface area contributed by atoms with Gasteiger partial charge in [0.2, 0.25) is 0 Å². The maximum Gasteiger partial charge on any atom is 0.488 e. The van der Waals surface area contributed by atoms with Crippen LogP contribution in [0, 0.1) is 6.92 Å². The normalized spacial score (nSPS) is 10.3. The van der Waals surface area contributed by atoms with E-state index in [0.717, 1.165) is 16.9 Å². The molecule has 0 saturated carbocycles. The van der Waals surface area contributed by atoms with Gasteiger partial charge in [0.05, 0.1) is 7.11 Å². The van der Waals surface area contributed by atoms with E-state index in [1.54, 1.807) is 49.6 Å². The predicted molar refractivity (Wildman–Crippen MR) is 113 cm³/mol. The van der Waals surface area contributed by atoms with Crippen molar-refractivity contribution in [3.8, 4) is 11.5 Å². The van der Waals surface area contributed by atoms with Crippen LogP contribution >= 0.6 is 0 Å². The minimum Gasteiger partial charge on any atom is -0.497 e. The van der Waals surface area contributed by atoms with Crippen LogP contribution < -0.4 is 20.3 Å². The largest absolute Gasteiger partial charge is 0.497 e. The molecule has 0 aromatic heterocycles. The van der Waals surface area contributed by atoms with Crippen molar-refractivity contribution in [2.45, 2.75) is 13.5 Å². The van der Waals surface area contributed by atoms with E-state index in [4.69, 9.17) is 9.47 Å². The lowest BCUT2D eigenvalue weighted by Gasteiger charge is -2.11. The molecule has 0 unspecified atom stereocenters. The SMILES string of the molecule is COc1cccc(COc2ccc(C(=O)Nc3cc(B(O)O)ccc3C)cc2)c1. The summed E-state index contributed by atoms with van der Waals surface area (Å²) in [7, 11) is 0.0280. The van der Waals surface area contributed by atoms with Crippen molar-refractivity contribution in [3.05, 3.63) is 83.4 Å². The van der Waals surface area contributed by atoms with Crippen molar-refractivity contribution < 1.29 is 24.3 Å². The summed E-state index contributed by atoms with van der Waals surface area (Å²) in [5, 5.41) is 21.4. The molecule has 3 aromatic rings. The average molecular weight is 391 g/mol. The second-order valence-electron chi connectivity index (χ2n) is 6.57. The van der Waals surface area contributed by atoms with Gasteiger partial charge in [0, 0.05) is 11.3 Å². The molecule has 0 aliphatic carbocycles. The third kappa shape index (κ3) is 5.37. The van der Waals surface area contributed by atoms with Gasteiger partial charge in [-0.05, 0) is 66.0 Å². The van der Waals surface area contributed by atoms with E-state index in [2.05, 4.69) is 5.32 Å². The van der Waals surface area contributed by atoms with E-state index in [1.807, 2.05) is 31.2 Å². The van der Waals surface area contributed by atoms with Gasteiger partial charge >= 0.3 is 7.12 Å². The quantitative estimate of drug-likeness (QED) is 0.539. The van der Waals surface area contributed by atoms with Gasteiger partial charge in [-0.15, -0.1) is 0 Å². The average Bonchev–Trinajstić information content (AvgIpc) is 2.74. The Morgan fingerprint density at radius 2 is 1.76 bits per heavy atom. The fourth-order valence-electron chi connectivity index (χ4n) is 2.76. The Morgan fingerprint density at radius 1 is 1.00 bits per heavy atom. The number of ether oxygens (including phenoxy) is 2. The Balaban J connectivity index is 1.63. The first-order chi connectivity index (χ1) is 14.0. The molecule has 148 valence electrons. The van der Waals surface area contributed by atoms with E-state index in [-0.39, 0.29) is 5.91 Å². The standard InChI is InChI=1S/C22H22BNO5/c1-15-6-9-18(23(26)27)13-21(15)24-22(25)17-7-10-19(11-8-17)29-14-16-4-3-5-20(12-16)28-2/h3-13,26-27H,14H2,1-2H3,(H,24,25). The van der Waals surface area contributed by atoms with Crippen LogP contribution in [0.15, 0.2) is 66.7 Å². The number of hydrogen-bond donors (Lipinski definition) is 3. The zero-order valence-electron chi connectivity index (χ0n) is 16.3. The van der Waals surface area contributed by atoms with Crippen LogP contribution in [0.3, 0.4) is 0 Å². The number of carbonyl (C=O) groups is 1. The fraction of sp³-hybridized carbons (Fsp3) is 0.136. The molecule has 3 aromatic carbocycles. The number of aryl methyl sites for hydroxylation is 1. The molecule has 0 aliphatic heterocycles. The van der Waals surface area contributed by atoms with Crippen molar-refractivity contribution >= 4 is 24.2 Å². The Bertz CT molecular complexity index is 989. The molecule has 29 heavy (non-hydrogen) atoms. The first-order valence-corrected chi connectivity index (χ1v) is 9.10. The highest BCUT2D eigenvalue weighted by atomic mass is 16.5. The molecule has 0 atom stereocenters. The zero-order chi connectivity index (χ0) is 20.8. The summed E-state index contributed by atoms with van der Waals surface area (Å²) in [5.74, 6) is 1.12. The topological polar surface area (TPSA) is 88.0 Å². The molecule has 0 spiro atoms. The summed E-state index contributed by atoms with van der Waals surface area (Å²) >= 11 is 0. The number of nitrogens with one attached hydrogen (secondary N) is 1. The number of benzene rings is 3. The highest BCUT2D eigenvalue weighted by Crippen LogP contribution is 2.19. The second kappa shape index (κ2) is 9.27. The zero-order valence-corrected chi connectivity index (χ0v) is 16.3. The number of amides is 1. The summed E-state index contributed by atoms with van der Waals surface area (Å²) in [6.45, 7) is 2.22. The van der Waals surface area contributed by atoms with Crippen LogP contribution in [0.5, 0.6) is 11.5 Å². The molecule has 6 nitrogen and oxygen atoms in total. The minimum atomic E-state index is -1.59. The van der Waals surface area contributed by atoms with Gasteiger partial charge in [0.1, 0.15) is 18.1 Å². The summed E-state index contributed by atoms with van der Waals surface area (Å²) in [6, 6.07) is 19.3. The molecule has 3 rings (SSSR count). The molecular formula is C22H22BNO5. The molecule has 0 heterocycles. The van der Waals surface area contributed by atoms with E-state index < -0.39 is 7.12 Å². The smallest absolute Gasteiger partial charge is 0.488 e. The first-order valence-electron chi connectivity index (χ1n) is 9.10. The molecule has 0 fully saturated rings. The fourth-order valence-corrected chi connectivity index (χ4v) is 2.76. The summed E-state index contributed by atoms with van der Waals surface area (Å²) < 4.78 is 11.0. The van der Waals surface area contributed by atoms with Crippen LogP contribution in [-0.4, -0.2) is 30.2 Å². The lowest BCUT2D eigenvalue weighted by atomic mass is 9.79. The molecule has 0 aliphatic rings. The summed E-state index contributed by atoms with van der Waals surface area (Å²) in [6.07, 6.45) is 0. The highest BCUT2D eigenvalue weighted by Gasteiger charge is 2.14. The summed E-state index contributed by atoms with van der Waals surface area (Å²) in [5.41, 5.74) is 3.10. The van der Waals surface area contributed by atoms with E-state index in [0.29, 0.717) is 29.1 Å². The van der Waals surface area contributed by atoms with Crippen LogP contribution in [0.4, 0.5) is 5.69 Å². The number of rotatable bonds is 7. The van der Waals surface area contributed by atoms with Gasteiger partial charge in [0.15, 0.2) is 0 Å². The van der Waals surface area contributed by atoms with Crippen molar-refractivity contribution in [2.75, 3.05) is 12.4 Å². The molecule has 0 bridgehead atoms. The molecule has 3 N–H and O–H groups in total. The number of carbonyl (C=O) groups excluding carboxylic acids is 1. The van der Waals surface area contributed by atoms with Gasteiger partial charge in [0.25, 0.3) is 5.91 Å². The minimum absolute atomic E-state index is 0.294. The first kappa shape index (κ1) is 20.4. The van der Waals surface area contributed by atoms with Gasteiger partial charge < -0.3 is 24.8 Å². The lowest BCUT2D eigenvalue weighted by molar-refractivity contribution is 0.102. The maximum atomic E-state index is 12.5. The van der Waals surface area contributed by atoms with Crippen molar-refractivity contribution in [1.29, 1.82) is 0 Å². The molecule has 0 saturated heterocycles. The summed E-state index contributed by atoms with van der Waals surface area (Å²) in [4.78, 5) is 12.5. The van der Waals surface area contributed by atoms with Crippen molar-refractivity contribution in [1.82, 2.24) is 0 Å². The van der Waals surface area contributed by atoms with Crippen LogP contribution in [0.1, 0.15) is 21.5 Å². The molecule has 7 heteroatoms. The third-order valence-electron chi connectivity index (χ3n) is 4.46. The lowest BCUT2D eigenvalue weighted by Crippen LogP contribution is -2.30. The Labute approximate surface area is 169 Å². The van der Waals surface area contributed by atoms with Crippen LogP contribution in [-0.2, 0) is 6.61 Å². The molecular weight excluding hydrogens is 369 g/mol. The molecule has 1 amide bonds. The van der Waals surface area contributed by atoms with Gasteiger partial charge in [-0.25, -0.2) is 0 Å². The third-order valence-corrected chi connectivity index (χ3v) is 4.46. The van der Waals surface area contributed by atoms with Crippen molar-refractivity contribution in [3.63, 3.8) is 0 Å². The van der Waals surface area contributed by atoms with E-state index in [9.17, 15) is 14.8 Å². The predicted octanol–water partition coefficient (Wildman–Crippen LogP) is 2.51. The number of hydrogen-bond acceptors (Lipinski definition) is 5. The van der Waals surface area contributed by atoms with Gasteiger partial charge in [-0.3, -0.25) is 4.79 Å². The Hall–Kier alpha value is -3.29. The highest BCUT2D eigenvalue weighted by molar-refractivity contribution is 6.58. The number of methoxy groups -OCH3 is 1.